The van der Waals surface area contributed by atoms with E-state index in [0.29, 0.717) is 6.42 Å². The normalized spacial score (nSPS) is 14.2. The van der Waals surface area contributed by atoms with Crippen LogP contribution in [-0.2, 0) is 24.3 Å². The molecule has 0 saturated carbocycles. The molecule has 0 amide bonds. The van der Waals surface area contributed by atoms with E-state index < -0.39 is 18.2 Å². The zero-order valence-corrected chi connectivity index (χ0v) is 9.78. The molecule has 2 atom stereocenters. The summed E-state index contributed by atoms with van der Waals surface area (Å²) in [5.74, 6) is -1.40. The van der Waals surface area contributed by atoms with Gasteiger partial charge in [-0.25, -0.2) is 4.79 Å². The second-order valence-electron chi connectivity index (χ2n) is 2.22. The van der Waals surface area contributed by atoms with Crippen molar-refractivity contribution in [1.82, 2.24) is 0 Å². The number of aliphatic hydroxyl groups is 2. The molecule has 0 aliphatic heterocycles. The minimum atomic E-state index is -1.69. The maximum Gasteiger partial charge on any atom is 0.335 e. The monoisotopic (exact) mass is 224 g/mol. The van der Waals surface area contributed by atoms with Gasteiger partial charge in [-0.15, -0.1) is 6.58 Å². The second-order valence-corrected chi connectivity index (χ2v) is 2.22. The summed E-state index contributed by atoms with van der Waals surface area (Å²) in [7, 11) is 0. The number of allylic oxidation sites excluding steroid dienone is 1. The molecule has 0 fully saturated rings. The van der Waals surface area contributed by atoms with Crippen LogP contribution < -0.4 is 0 Å². The number of hydrogen-bond acceptors (Lipinski definition) is 3. The van der Waals surface area contributed by atoms with Gasteiger partial charge in [0.2, 0.25) is 0 Å². The topological polar surface area (TPSA) is 77.8 Å². The fourth-order valence-corrected chi connectivity index (χ4v) is 0.611. The van der Waals surface area contributed by atoms with Crippen LogP contribution in [0.1, 0.15) is 12.8 Å². The zero-order chi connectivity index (χ0) is 8.85. The molecule has 12 heavy (non-hydrogen) atoms. The van der Waals surface area contributed by atoms with Gasteiger partial charge >= 0.3 is 5.97 Å². The van der Waals surface area contributed by atoms with E-state index in [2.05, 4.69) is 6.58 Å². The van der Waals surface area contributed by atoms with Gasteiger partial charge in [0.25, 0.3) is 0 Å². The fourth-order valence-electron chi connectivity index (χ4n) is 0.611. The molecule has 0 rings (SSSR count). The Morgan fingerprint density at radius 2 is 2.00 bits per heavy atom. The van der Waals surface area contributed by atoms with E-state index in [4.69, 9.17) is 15.3 Å². The van der Waals surface area contributed by atoms with Crippen molar-refractivity contribution in [3.63, 3.8) is 0 Å². The van der Waals surface area contributed by atoms with Gasteiger partial charge < -0.3 is 15.3 Å². The van der Waals surface area contributed by atoms with Crippen molar-refractivity contribution in [1.29, 1.82) is 0 Å². The summed E-state index contributed by atoms with van der Waals surface area (Å²) in [6.45, 7) is 3.40. The molecular formula is C7H12O4Zn. The third-order valence-corrected chi connectivity index (χ3v) is 1.28. The Hall–Kier alpha value is -0.247. The minimum absolute atomic E-state index is 0. The van der Waals surface area contributed by atoms with Crippen molar-refractivity contribution in [3.8, 4) is 0 Å². The molecule has 0 aromatic rings. The van der Waals surface area contributed by atoms with E-state index in [-0.39, 0.29) is 25.9 Å². The van der Waals surface area contributed by atoms with E-state index >= 15 is 0 Å². The average molecular weight is 226 g/mol. The molecule has 0 aliphatic carbocycles. The number of rotatable bonds is 5. The molecule has 0 spiro atoms. The Bertz CT molecular complexity index is 148. The number of carbonyl (C=O) groups is 1. The van der Waals surface area contributed by atoms with Gasteiger partial charge in [0.05, 0.1) is 6.10 Å². The van der Waals surface area contributed by atoms with Gasteiger partial charge in [-0.3, -0.25) is 0 Å². The summed E-state index contributed by atoms with van der Waals surface area (Å²) in [4.78, 5) is 10.1. The number of aliphatic carboxylic acids is 1. The average Bonchev–Trinajstić information content (AvgIpc) is 1.98. The quantitative estimate of drug-likeness (QED) is 0.446. The molecule has 0 aromatic carbocycles. The number of hydrogen-bond donors (Lipinski definition) is 3. The van der Waals surface area contributed by atoms with Crippen molar-refractivity contribution in [2.75, 3.05) is 0 Å². The first-order valence-corrected chi connectivity index (χ1v) is 3.29. The Morgan fingerprint density at radius 3 is 2.33 bits per heavy atom. The smallest absolute Gasteiger partial charge is 0.335 e. The van der Waals surface area contributed by atoms with E-state index in [0.717, 1.165) is 0 Å². The van der Waals surface area contributed by atoms with Crippen LogP contribution in [0.25, 0.3) is 0 Å². The molecule has 0 aliphatic rings. The van der Waals surface area contributed by atoms with Crippen molar-refractivity contribution in [3.05, 3.63) is 12.7 Å². The predicted octanol–water partition coefficient (Wildman–Crippen LogP) is -0.243. The molecule has 4 nitrogen and oxygen atoms in total. The summed E-state index contributed by atoms with van der Waals surface area (Å²) in [5.41, 5.74) is 0. The fraction of sp³-hybridized carbons (Fsp3) is 0.571. The first-order valence-electron chi connectivity index (χ1n) is 3.29. The summed E-state index contributed by atoms with van der Waals surface area (Å²) in [6.07, 6.45) is -0.624. The van der Waals surface area contributed by atoms with Crippen molar-refractivity contribution >= 4 is 5.97 Å². The van der Waals surface area contributed by atoms with E-state index in [1.54, 1.807) is 6.08 Å². The maximum atomic E-state index is 10.1. The first kappa shape index (κ1) is 14.3. The SMILES string of the molecule is C=CCCC(O)C(O)C(=O)O.[Zn]. The van der Waals surface area contributed by atoms with Crippen LogP contribution in [0.15, 0.2) is 12.7 Å². The molecule has 0 aromatic heterocycles. The molecule has 5 heteroatoms. The molecule has 66 valence electrons. The second kappa shape index (κ2) is 7.41. The molecular weight excluding hydrogens is 213 g/mol. The van der Waals surface area contributed by atoms with Gasteiger partial charge in [0.15, 0.2) is 6.10 Å². The van der Waals surface area contributed by atoms with Gasteiger partial charge in [-0.05, 0) is 12.8 Å². The summed E-state index contributed by atoms with van der Waals surface area (Å²) < 4.78 is 0. The molecule has 3 N–H and O–H groups in total. The van der Waals surface area contributed by atoms with E-state index in [1.165, 1.54) is 0 Å². The van der Waals surface area contributed by atoms with Crippen LogP contribution in [0.5, 0.6) is 0 Å². The Balaban J connectivity index is 0. The van der Waals surface area contributed by atoms with E-state index in [9.17, 15) is 4.79 Å². The van der Waals surface area contributed by atoms with Crippen LogP contribution in [0.3, 0.4) is 0 Å². The van der Waals surface area contributed by atoms with Crippen LogP contribution >= 0.6 is 0 Å². The maximum absolute atomic E-state index is 10.1. The number of carboxylic acids is 1. The van der Waals surface area contributed by atoms with Gasteiger partial charge in [0.1, 0.15) is 0 Å². The van der Waals surface area contributed by atoms with Crippen LogP contribution in [0.2, 0.25) is 0 Å². The van der Waals surface area contributed by atoms with Crippen molar-refractivity contribution in [2.45, 2.75) is 25.0 Å². The van der Waals surface area contributed by atoms with Crippen molar-refractivity contribution < 1.29 is 39.6 Å². The van der Waals surface area contributed by atoms with E-state index in [1.807, 2.05) is 0 Å². The molecule has 0 radical (unpaired) electrons. The van der Waals surface area contributed by atoms with Crippen LogP contribution in [0, 0.1) is 0 Å². The standard InChI is InChI=1S/C7H12O4.Zn/c1-2-3-4-5(8)6(9)7(10)11;/h2,5-6,8-9H,1,3-4H2,(H,10,11);. The third kappa shape index (κ3) is 5.41. The summed E-state index contributed by atoms with van der Waals surface area (Å²) >= 11 is 0. The van der Waals surface area contributed by atoms with Gasteiger partial charge in [-0.2, -0.15) is 0 Å². The summed E-state index contributed by atoms with van der Waals surface area (Å²) in [5, 5.41) is 25.9. The van der Waals surface area contributed by atoms with Gasteiger partial charge in [-0.1, -0.05) is 6.08 Å². The number of carboxylic acid groups (broad SMARTS) is 1. The zero-order valence-electron chi connectivity index (χ0n) is 6.81. The van der Waals surface area contributed by atoms with Gasteiger partial charge in [0, 0.05) is 19.5 Å². The Morgan fingerprint density at radius 1 is 1.50 bits per heavy atom. The molecule has 0 bridgehead atoms. The largest absolute Gasteiger partial charge is 0.479 e. The molecule has 0 heterocycles. The van der Waals surface area contributed by atoms with Crippen LogP contribution in [0.4, 0.5) is 0 Å². The first-order chi connectivity index (χ1) is 5.09. The van der Waals surface area contributed by atoms with Crippen LogP contribution in [-0.4, -0.2) is 33.5 Å². The Kier molecular flexibility index (Phi) is 8.82. The summed E-state index contributed by atoms with van der Waals surface area (Å²) in [6, 6.07) is 0. The molecule has 2 unspecified atom stereocenters. The third-order valence-electron chi connectivity index (χ3n) is 1.28. The predicted molar refractivity (Wildman–Crippen MR) is 39.1 cm³/mol. The Labute approximate surface area is 83.7 Å². The number of aliphatic hydroxyl groups excluding tert-OH is 2. The van der Waals surface area contributed by atoms with Crippen molar-refractivity contribution in [2.24, 2.45) is 0 Å². The molecule has 0 saturated heterocycles. The minimum Gasteiger partial charge on any atom is -0.479 e.